The largest absolute Gasteiger partial charge is 0.478 e. The fourth-order valence-electron chi connectivity index (χ4n) is 2.18. The van der Waals surface area contributed by atoms with Gasteiger partial charge in [-0.3, -0.25) is 0 Å². The van der Waals surface area contributed by atoms with Crippen molar-refractivity contribution in [3.63, 3.8) is 0 Å². The summed E-state index contributed by atoms with van der Waals surface area (Å²) in [5.41, 5.74) is 0.390. The Bertz CT molecular complexity index is 643. The number of carboxylic acids is 1. The number of aromatic carboxylic acids is 1. The van der Waals surface area contributed by atoms with Crippen LogP contribution in [0.5, 0.6) is 0 Å². The molecule has 130 valence electrons. The second kappa shape index (κ2) is 8.31. The lowest BCUT2D eigenvalue weighted by Gasteiger charge is -2.18. The van der Waals surface area contributed by atoms with E-state index in [0.29, 0.717) is 12.1 Å². The van der Waals surface area contributed by atoms with Gasteiger partial charge in [0.25, 0.3) is 0 Å². The van der Waals surface area contributed by atoms with Crippen LogP contribution < -0.4 is 10.0 Å². The van der Waals surface area contributed by atoms with E-state index in [1.54, 1.807) is 6.92 Å². The molecule has 0 fully saturated rings. The summed E-state index contributed by atoms with van der Waals surface area (Å²) in [5, 5.41) is 12.5. The first-order chi connectivity index (χ1) is 10.7. The summed E-state index contributed by atoms with van der Waals surface area (Å²) in [6.07, 6.45) is 2.52. The number of carbonyl (C=O) groups is 1. The minimum absolute atomic E-state index is 0.0381. The second-order valence-electron chi connectivity index (χ2n) is 5.78. The molecule has 0 saturated heterocycles. The molecule has 0 saturated carbocycles. The summed E-state index contributed by atoms with van der Waals surface area (Å²) in [6, 6.07) is 4.04. The Balaban J connectivity index is 3.15. The molecule has 0 aromatic heterocycles. The molecule has 0 amide bonds. The highest BCUT2D eigenvalue weighted by molar-refractivity contribution is 7.89. The van der Waals surface area contributed by atoms with Crippen molar-refractivity contribution in [1.29, 1.82) is 0 Å². The van der Waals surface area contributed by atoms with Crippen molar-refractivity contribution in [2.45, 2.75) is 63.9 Å². The van der Waals surface area contributed by atoms with E-state index in [9.17, 15) is 18.3 Å². The minimum atomic E-state index is -3.72. The van der Waals surface area contributed by atoms with E-state index >= 15 is 0 Å². The molecule has 2 atom stereocenters. The summed E-state index contributed by atoms with van der Waals surface area (Å²) in [7, 11) is -3.72. The van der Waals surface area contributed by atoms with Crippen molar-refractivity contribution in [3.8, 4) is 0 Å². The summed E-state index contributed by atoms with van der Waals surface area (Å²) in [6.45, 7) is 7.65. The van der Waals surface area contributed by atoms with Gasteiger partial charge < -0.3 is 10.4 Å². The fourth-order valence-corrected chi connectivity index (χ4v) is 3.53. The quantitative estimate of drug-likeness (QED) is 0.641. The molecule has 0 aliphatic rings. The van der Waals surface area contributed by atoms with Crippen LogP contribution in [0.1, 0.15) is 57.3 Å². The van der Waals surface area contributed by atoms with E-state index in [0.717, 1.165) is 12.8 Å². The third-order valence-electron chi connectivity index (χ3n) is 3.62. The zero-order valence-corrected chi connectivity index (χ0v) is 14.9. The highest BCUT2D eigenvalue weighted by Gasteiger charge is 2.20. The van der Waals surface area contributed by atoms with Gasteiger partial charge in [0.15, 0.2) is 0 Å². The molecule has 1 aromatic rings. The fraction of sp³-hybridized carbons (Fsp3) is 0.562. The lowest BCUT2D eigenvalue weighted by molar-refractivity contribution is 0.0697. The van der Waals surface area contributed by atoms with Crippen LogP contribution in [0.2, 0.25) is 0 Å². The average molecular weight is 342 g/mol. The summed E-state index contributed by atoms with van der Waals surface area (Å²) in [5.74, 6) is -1.16. The number of hydrogen-bond donors (Lipinski definition) is 3. The van der Waals surface area contributed by atoms with Crippen LogP contribution in [0, 0.1) is 0 Å². The SMILES string of the molecule is CCC[C@@H](C)Nc1ccc(S(=O)(=O)N[C@H](C)CC)cc1C(=O)O. The van der Waals surface area contributed by atoms with Crippen LogP contribution in [-0.2, 0) is 10.0 Å². The second-order valence-corrected chi connectivity index (χ2v) is 7.49. The standard InChI is InChI=1S/C16H26N2O4S/c1-5-7-12(4)17-15-9-8-13(10-14(15)16(19)20)23(21,22)18-11(3)6-2/h8-12,17-18H,5-7H2,1-4H3,(H,19,20)/t11-,12-/m1/s1. The van der Waals surface area contributed by atoms with Crippen LogP contribution in [-0.4, -0.2) is 31.6 Å². The van der Waals surface area contributed by atoms with Crippen LogP contribution >= 0.6 is 0 Å². The minimum Gasteiger partial charge on any atom is -0.478 e. The van der Waals surface area contributed by atoms with E-state index < -0.39 is 16.0 Å². The number of hydrogen-bond acceptors (Lipinski definition) is 4. The van der Waals surface area contributed by atoms with Gasteiger partial charge in [-0.25, -0.2) is 17.9 Å². The predicted molar refractivity (Wildman–Crippen MR) is 91.5 cm³/mol. The number of benzene rings is 1. The van der Waals surface area contributed by atoms with E-state index in [1.165, 1.54) is 18.2 Å². The highest BCUT2D eigenvalue weighted by Crippen LogP contribution is 2.22. The first-order valence-electron chi connectivity index (χ1n) is 7.87. The van der Waals surface area contributed by atoms with Crippen LogP contribution in [0.3, 0.4) is 0 Å². The zero-order valence-electron chi connectivity index (χ0n) is 14.1. The van der Waals surface area contributed by atoms with Gasteiger partial charge in [0.05, 0.1) is 10.5 Å². The maximum atomic E-state index is 12.3. The smallest absolute Gasteiger partial charge is 0.337 e. The average Bonchev–Trinajstić information content (AvgIpc) is 2.46. The van der Waals surface area contributed by atoms with Crippen molar-refractivity contribution in [2.24, 2.45) is 0 Å². The molecular formula is C16H26N2O4S. The molecule has 1 aromatic carbocycles. The van der Waals surface area contributed by atoms with Crippen LogP contribution in [0.15, 0.2) is 23.1 Å². The van der Waals surface area contributed by atoms with Crippen molar-refractivity contribution >= 4 is 21.7 Å². The molecule has 3 N–H and O–H groups in total. The number of sulfonamides is 1. The van der Waals surface area contributed by atoms with Crippen molar-refractivity contribution in [1.82, 2.24) is 4.72 Å². The normalized spacial score (nSPS) is 14.3. The van der Waals surface area contributed by atoms with Crippen molar-refractivity contribution in [2.75, 3.05) is 5.32 Å². The summed E-state index contributed by atoms with van der Waals surface area (Å²) >= 11 is 0. The van der Waals surface area contributed by atoms with Crippen molar-refractivity contribution < 1.29 is 18.3 Å². The Morgan fingerprint density at radius 2 is 1.87 bits per heavy atom. The Hall–Kier alpha value is -1.60. The summed E-state index contributed by atoms with van der Waals surface area (Å²) in [4.78, 5) is 11.4. The topological polar surface area (TPSA) is 95.5 Å². The lowest BCUT2D eigenvalue weighted by atomic mass is 10.1. The summed E-state index contributed by atoms with van der Waals surface area (Å²) < 4.78 is 27.1. The van der Waals surface area contributed by atoms with Gasteiger partial charge in [0, 0.05) is 17.8 Å². The molecule has 7 heteroatoms. The van der Waals surface area contributed by atoms with Crippen LogP contribution in [0.25, 0.3) is 0 Å². The van der Waals surface area contributed by atoms with Gasteiger partial charge >= 0.3 is 5.97 Å². The molecular weight excluding hydrogens is 316 g/mol. The third-order valence-corrected chi connectivity index (χ3v) is 5.21. The molecule has 23 heavy (non-hydrogen) atoms. The maximum absolute atomic E-state index is 12.3. The number of anilines is 1. The molecule has 6 nitrogen and oxygen atoms in total. The number of rotatable bonds is 9. The molecule has 0 aliphatic heterocycles. The van der Waals surface area contributed by atoms with Crippen molar-refractivity contribution in [3.05, 3.63) is 23.8 Å². The van der Waals surface area contributed by atoms with Gasteiger partial charge in [-0.1, -0.05) is 20.3 Å². The molecule has 0 bridgehead atoms. The maximum Gasteiger partial charge on any atom is 0.337 e. The molecule has 0 radical (unpaired) electrons. The van der Waals surface area contributed by atoms with Gasteiger partial charge in [-0.2, -0.15) is 0 Å². The van der Waals surface area contributed by atoms with E-state index in [4.69, 9.17) is 0 Å². The van der Waals surface area contributed by atoms with E-state index in [-0.39, 0.29) is 22.5 Å². The van der Waals surface area contributed by atoms with Gasteiger partial charge in [0.2, 0.25) is 10.0 Å². The Morgan fingerprint density at radius 1 is 1.22 bits per heavy atom. The molecule has 0 spiro atoms. The molecule has 1 rings (SSSR count). The van der Waals surface area contributed by atoms with Gasteiger partial charge in [-0.05, 0) is 44.9 Å². The number of nitrogens with one attached hydrogen (secondary N) is 2. The number of carboxylic acid groups (broad SMARTS) is 1. The van der Waals surface area contributed by atoms with E-state index in [1.807, 2.05) is 20.8 Å². The Morgan fingerprint density at radius 3 is 2.39 bits per heavy atom. The Kier molecular flexibility index (Phi) is 7.02. The van der Waals surface area contributed by atoms with Crippen LogP contribution in [0.4, 0.5) is 5.69 Å². The molecule has 0 unspecified atom stereocenters. The van der Waals surface area contributed by atoms with Gasteiger partial charge in [-0.15, -0.1) is 0 Å². The highest BCUT2D eigenvalue weighted by atomic mass is 32.2. The first kappa shape index (κ1) is 19.4. The molecule has 0 aliphatic carbocycles. The predicted octanol–water partition coefficient (Wildman–Crippen LogP) is 3.06. The first-order valence-corrected chi connectivity index (χ1v) is 9.35. The Labute approximate surface area is 138 Å². The van der Waals surface area contributed by atoms with E-state index in [2.05, 4.69) is 10.0 Å². The lowest BCUT2D eigenvalue weighted by Crippen LogP contribution is -2.32. The van der Waals surface area contributed by atoms with Gasteiger partial charge in [0.1, 0.15) is 0 Å². The third kappa shape index (κ3) is 5.51. The monoisotopic (exact) mass is 342 g/mol. The molecule has 0 heterocycles. The zero-order chi connectivity index (χ0) is 17.6.